The zero-order chi connectivity index (χ0) is 57.0. The van der Waals surface area contributed by atoms with E-state index in [4.69, 9.17) is 18.5 Å². The highest BCUT2D eigenvalue weighted by atomic mass is 31.2. The van der Waals surface area contributed by atoms with Crippen LogP contribution < -0.4 is 4.89 Å². The average Bonchev–Trinajstić information content (AvgIpc) is 3.41. The SMILES string of the molecule is CC/C=C\C/C=C\C/C=C\C/C=C\C/C=C\C/C=C\C/C=C\C/C=C\C/C=C\C/C=C\C/C=C\C/C=C\CCCCC(=O)OC(COC(=O)CCCCCCCCCCCCCCCCC)COP(=O)([O-])OCC[N+](C)(C)C. The highest BCUT2D eigenvalue weighted by Crippen LogP contribution is 2.38. The molecule has 0 saturated heterocycles. The number of rotatable bonds is 54. The Morgan fingerprint density at radius 2 is 0.731 bits per heavy atom. The maximum Gasteiger partial charge on any atom is 0.306 e. The number of hydrogen-bond donors (Lipinski definition) is 0. The molecule has 0 aromatic carbocycles. The number of esters is 2. The molecule has 2 unspecified atom stereocenters. The fraction of sp³-hybridized carbons (Fsp3) is 0.618. The Hall–Kier alpha value is -4.11. The predicted molar refractivity (Wildman–Crippen MR) is 332 cm³/mol. The van der Waals surface area contributed by atoms with E-state index in [1.165, 1.54) is 77.0 Å². The molecule has 0 amide bonds. The largest absolute Gasteiger partial charge is 0.756 e. The molecule has 0 aliphatic carbocycles. The maximum absolute atomic E-state index is 12.8. The molecule has 0 aromatic rings. The number of nitrogens with zero attached hydrogens (tertiary/aromatic N) is 1. The summed E-state index contributed by atoms with van der Waals surface area (Å²) in [6, 6.07) is 0. The Bertz CT molecular complexity index is 1820. The van der Waals surface area contributed by atoms with Crippen molar-refractivity contribution in [3.05, 3.63) is 146 Å². The zero-order valence-corrected chi connectivity index (χ0v) is 50.9. The van der Waals surface area contributed by atoms with Gasteiger partial charge in [-0.2, -0.15) is 0 Å². The number of unbranched alkanes of at least 4 members (excludes halogenated alkanes) is 16. The molecule has 0 N–H and O–H groups in total. The molecule has 0 fully saturated rings. The van der Waals surface area contributed by atoms with Crippen molar-refractivity contribution in [2.45, 2.75) is 225 Å². The van der Waals surface area contributed by atoms with Gasteiger partial charge in [-0.15, -0.1) is 0 Å². The topological polar surface area (TPSA) is 111 Å². The molecule has 0 radical (unpaired) electrons. The molecule has 9 nitrogen and oxygen atoms in total. The summed E-state index contributed by atoms with van der Waals surface area (Å²) in [6.45, 7) is 4.06. The number of carbonyl (C=O) groups is 2. The van der Waals surface area contributed by atoms with Crippen LogP contribution in [0.2, 0.25) is 0 Å². The second kappa shape index (κ2) is 57.6. The summed E-state index contributed by atoms with van der Waals surface area (Å²) in [4.78, 5) is 37.8. The second-order valence-corrected chi connectivity index (χ2v) is 22.4. The van der Waals surface area contributed by atoms with Gasteiger partial charge in [-0.25, -0.2) is 0 Å². The lowest BCUT2D eigenvalue weighted by atomic mass is 10.0. The van der Waals surface area contributed by atoms with Crippen LogP contribution in [0.5, 0.6) is 0 Å². The minimum absolute atomic E-state index is 0.0458. The molecule has 78 heavy (non-hydrogen) atoms. The van der Waals surface area contributed by atoms with Crippen LogP contribution >= 0.6 is 7.82 Å². The fourth-order valence-corrected chi connectivity index (χ4v) is 8.42. The standard InChI is InChI=1S/C68H112NO8P/c1-6-8-10-12-14-16-18-20-22-23-24-25-26-27-28-29-30-31-32-33-34-35-36-37-38-39-40-41-42-43-44-45-47-49-51-53-55-57-59-61-68(71)77-66(65-76-78(72,73)75-63-62-69(3,4)5)64-74-67(70)60-58-56-54-52-50-48-46-21-19-17-15-13-11-9-7-2/h8,10,14,16,20,22,24-25,27-28,30-31,33-34,36-37,39-40,42-43,45,47,51,53,66H,6-7,9,11-13,15,17-19,21,23,26,29,32,35,38,41,44,46,48-50,52,54-65H2,1-5H3/b10-8-,16-14-,22-20-,25-24-,28-27-,31-30-,34-33-,37-36-,40-39-,43-42-,47-45-,53-51-. The summed E-state index contributed by atoms with van der Waals surface area (Å²) in [5, 5.41) is 0. The third-order valence-electron chi connectivity index (χ3n) is 12.4. The van der Waals surface area contributed by atoms with Crippen molar-refractivity contribution in [1.29, 1.82) is 0 Å². The van der Waals surface area contributed by atoms with Gasteiger partial charge < -0.3 is 27.9 Å². The monoisotopic (exact) mass is 1100 g/mol. The van der Waals surface area contributed by atoms with Gasteiger partial charge in [-0.3, -0.25) is 14.2 Å². The highest BCUT2D eigenvalue weighted by Gasteiger charge is 2.21. The number of ether oxygens (including phenoxy) is 2. The first-order valence-corrected chi connectivity index (χ1v) is 32.0. The van der Waals surface area contributed by atoms with Crippen molar-refractivity contribution < 1.29 is 42.1 Å². The van der Waals surface area contributed by atoms with Crippen LogP contribution in [0, 0.1) is 0 Å². The summed E-state index contributed by atoms with van der Waals surface area (Å²) in [7, 11) is 1.12. The zero-order valence-electron chi connectivity index (χ0n) is 50.1. The van der Waals surface area contributed by atoms with Gasteiger partial charge in [0.05, 0.1) is 27.7 Å². The van der Waals surface area contributed by atoms with E-state index in [1.54, 1.807) is 0 Å². The molecule has 442 valence electrons. The smallest absolute Gasteiger partial charge is 0.306 e. The first-order valence-electron chi connectivity index (χ1n) is 30.5. The van der Waals surface area contributed by atoms with Crippen molar-refractivity contribution in [2.75, 3.05) is 47.5 Å². The van der Waals surface area contributed by atoms with Crippen LogP contribution in [-0.4, -0.2) is 70.0 Å². The van der Waals surface area contributed by atoms with E-state index in [9.17, 15) is 19.0 Å². The lowest BCUT2D eigenvalue weighted by molar-refractivity contribution is -0.870. The van der Waals surface area contributed by atoms with Crippen molar-refractivity contribution in [2.24, 2.45) is 0 Å². The predicted octanol–water partition coefficient (Wildman–Crippen LogP) is 18.8. The normalized spacial score (nSPS) is 14.3. The lowest BCUT2D eigenvalue weighted by Crippen LogP contribution is -2.37. The van der Waals surface area contributed by atoms with Crippen molar-refractivity contribution in [1.82, 2.24) is 0 Å². The average molecular weight is 1100 g/mol. The Kier molecular flexibility index (Phi) is 54.5. The van der Waals surface area contributed by atoms with Crippen LogP contribution in [0.25, 0.3) is 0 Å². The van der Waals surface area contributed by atoms with Gasteiger partial charge in [0.15, 0.2) is 6.10 Å². The number of quaternary nitrogens is 1. The molecular weight excluding hydrogens is 990 g/mol. The number of allylic oxidation sites excluding steroid dienone is 24. The fourth-order valence-electron chi connectivity index (χ4n) is 7.70. The molecule has 0 spiro atoms. The van der Waals surface area contributed by atoms with Gasteiger partial charge in [-0.1, -0.05) is 250 Å². The van der Waals surface area contributed by atoms with Crippen molar-refractivity contribution in [3.63, 3.8) is 0 Å². The quantitative estimate of drug-likeness (QED) is 0.0195. The van der Waals surface area contributed by atoms with Crippen LogP contribution in [0.4, 0.5) is 0 Å². The lowest BCUT2D eigenvalue weighted by Gasteiger charge is -2.28. The van der Waals surface area contributed by atoms with Crippen LogP contribution in [0.15, 0.2) is 146 Å². The molecular formula is C68H112NO8P. The van der Waals surface area contributed by atoms with Gasteiger partial charge >= 0.3 is 11.9 Å². The number of likely N-dealkylation sites (N-methyl/N-ethyl adjacent to an activating group) is 1. The molecule has 10 heteroatoms. The van der Waals surface area contributed by atoms with E-state index < -0.39 is 32.5 Å². The Labute approximate surface area is 478 Å². The van der Waals surface area contributed by atoms with Gasteiger partial charge in [-0.05, 0) is 103 Å². The third kappa shape index (κ3) is 61.1. The minimum atomic E-state index is -4.66. The van der Waals surface area contributed by atoms with Gasteiger partial charge in [0.1, 0.15) is 19.8 Å². The third-order valence-corrected chi connectivity index (χ3v) is 13.3. The molecule has 0 heterocycles. The summed E-state index contributed by atoms with van der Waals surface area (Å²) in [5.74, 6) is -0.891. The molecule has 0 aliphatic heterocycles. The minimum Gasteiger partial charge on any atom is -0.756 e. The number of hydrogen-bond acceptors (Lipinski definition) is 8. The van der Waals surface area contributed by atoms with Crippen LogP contribution in [-0.2, 0) is 32.7 Å². The van der Waals surface area contributed by atoms with E-state index in [2.05, 4.69) is 160 Å². The summed E-state index contributed by atoms with van der Waals surface area (Å²) >= 11 is 0. The number of phosphoric acid groups is 1. The first-order chi connectivity index (χ1) is 38.0. The Morgan fingerprint density at radius 3 is 1.09 bits per heavy atom. The number of carbonyl (C=O) groups excluding carboxylic acids is 2. The number of phosphoric ester groups is 1. The second-order valence-electron chi connectivity index (χ2n) is 21.0. The molecule has 0 aromatic heterocycles. The summed E-state index contributed by atoms with van der Waals surface area (Å²) in [6.07, 6.45) is 84.8. The summed E-state index contributed by atoms with van der Waals surface area (Å²) < 4.78 is 34.1. The molecule has 0 rings (SSSR count). The van der Waals surface area contributed by atoms with Gasteiger partial charge in [0.2, 0.25) is 0 Å². The maximum atomic E-state index is 12.8. The summed E-state index contributed by atoms with van der Waals surface area (Å²) in [5.41, 5.74) is 0. The van der Waals surface area contributed by atoms with Crippen molar-refractivity contribution in [3.8, 4) is 0 Å². The van der Waals surface area contributed by atoms with Crippen LogP contribution in [0.1, 0.15) is 219 Å². The van der Waals surface area contributed by atoms with E-state index in [1.807, 2.05) is 21.1 Å². The molecule has 2 atom stereocenters. The van der Waals surface area contributed by atoms with Crippen LogP contribution in [0.3, 0.4) is 0 Å². The van der Waals surface area contributed by atoms with Gasteiger partial charge in [0, 0.05) is 12.8 Å². The van der Waals surface area contributed by atoms with E-state index in [0.29, 0.717) is 17.4 Å². The Balaban J connectivity index is 4.23. The van der Waals surface area contributed by atoms with Gasteiger partial charge in [0.25, 0.3) is 7.82 Å². The molecule has 0 saturated carbocycles. The van der Waals surface area contributed by atoms with Crippen molar-refractivity contribution >= 4 is 19.8 Å². The highest BCUT2D eigenvalue weighted by molar-refractivity contribution is 7.45. The molecule has 0 aliphatic rings. The van der Waals surface area contributed by atoms with E-state index in [0.717, 1.165) is 109 Å². The Morgan fingerprint density at radius 1 is 0.410 bits per heavy atom. The first kappa shape index (κ1) is 73.9. The molecule has 0 bridgehead atoms. The van der Waals surface area contributed by atoms with E-state index >= 15 is 0 Å². The van der Waals surface area contributed by atoms with E-state index in [-0.39, 0.29) is 26.1 Å².